The van der Waals surface area contributed by atoms with Crippen molar-refractivity contribution in [3.8, 4) is 0 Å². The predicted molar refractivity (Wildman–Crippen MR) is 228 cm³/mol. The molecule has 0 radical (unpaired) electrons. The minimum absolute atomic E-state index is 0.114. The molecule has 0 rings (SSSR count). The second-order valence-corrected chi connectivity index (χ2v) is 16.1. The number of allylic oxidation sites excluding steroid dienone is 6. The van der Waals surface area contributed by atoms with Crippen LogP contribution >= 0.6 is 7.82 Å². The Bertz CT molecular complexity index is 1170. The monoisotopic (exact) mass is 828 g/mol. The van der Waals surface area contributed by atoms with Gasteiger partial charge in [-0.3, -0.25) is 23.4 Å². The van der Waals surface area contributed by atoms with Gasteiger partial charge in [-0.25, -0.2) is 4.57 Å². The Morgan fingerprint density at radius 1 is 0.632 bits per heavy atom. The second kappa shape index (κ2) is 38.9. The number of aliphatic hydroxyl groups excluding tert-OH is 1. The number of rotatable bonds is 40. The number of phosphoric ester groups is 1. The van der Waals surface area contributed by atoms with Gasteiger partial charge in [0.1, 0.15) is 12.6 Å². The van der Waals surface area contributed by atoms with Crippen molar-refractivity contribution in [3.05, 3.63) is 48.6 Å². The third-order valence-corrected chi connectivity index (χ3v) is 10.1. The largest absolute Gasteiger partial charge is 0.480 e. The number of aliphatic hydroxyl groups is 1. The van der Waals surface area contributed by atoms with Crippen LogP contribution in [0.5, 0.6) is 0 Å². The van der Waals surface area contributed by atoms with Gasteiger partial charge in [0.15, 0.2) is 6.10 Å². The number of nitrogens with two attached hydrogens (primary N) is 1. The Labute approximate surface area is 344 Å². The molecule has 0 spiro atoms. The third kappa shape index (κ3) is 38.7. The molecule has 330 valence electrons. The highest BCUT2D eigenvalue weighted by Gasteiger charge is 2.28. The van der Waals surface area contributed by atoms with Gasteiger partial charge >= 0.3 is 25.7 Å². The first-order valence-electron chi connectivity index (χ1n) is 21.8. The molecule has 0 aromatic carbocycles. The summed E-state index contributed by atoms with van der Waals surface area (Å²) < 4.78 is 32.6. The third-order valence-electron chi connectivity index (χ3n) is 9.16. The molecule has 0 amide bonds. The number of ether oxygens (including phenoxy) is 2. The van der Waals surface area contributed by atoms with Gasteiger partial charge < -0.3 is 30.3 Å². The lowest BCUT2D eigenvalue weighted by Gasteiger charge is -2.20. The van der Waals surface area contributed by atoms with Gasteiger partial charge in [-0.1, -0.05) is 165 Å². The normalized spacial score (nSPS) is 14.8. The van der Waals surface area contributed by atoms with Crippen molar-refractivity contribution in [1.29, 1.82) is 0 Å². The van der Waals surface area contributed by atoms with Gasteiger partial charge in [-0.2, -0.15) is 0 Å². The van der Waals surface area contributed by atoms with E-state index in [-0.39, 0.29) is 12.8 Å². The number of carbonyl (C=O) groups is 3. The average Bonchev–Trinajstić information content (AvgIpc) is 3.18. The van der Waals surface area contributed by atoms with Gasteiger partial charge in [0.05, 0.1) is 19.3 Å². The summed E-state index contributed by atoms with van der Waals surface area (Å²) in [5.41, 5.74) is 5.32. The fourth-order valence-electron chi connectivity index (χ4n) is 5.67. The van der Waals surface area contributed by atoms with Crippen molar-refractivity contribution in [2.75, 3.05) is 19.8 Å². The van der Waals surface area contributed by atoms with Crippen molar-refractivity contribution in [2.45, 2.75) is 193 Å². The molecule has 0 aromatic heterocycles. The summed E-state index contributed by atoms with van der Waals surface area (Å²) in [7, 11) is -4.74. The zero-order chi connectivity index (χ0) is 42.2. The van der Waals surface area contributed by atoms with Crippen LogP contribution in [0.3, 0.4) is 0 Å². The summed E-state index contributed by atoms with van der Waals surface area (Å²) in [4.78, 5) is 45.9. The molecule has 5 N–H and O–H groups in total. The molecule has 0 aromatic rings. The Balaban J connectivity index is 4.51. The number of carbonyl (C=O) groups excluding carboxylic acids is 2. The van der Waals surface area contributed by atoms with Gasteiger partial charge in [0.2, 0.25) is 0 Å². The highest BCUT2D eigenvalue weighted by Crippen LogP contribution is 2.43. The molecule has 0 fully saturated rings. The maximum Gasteiger partial charge on any atom is 0.472 e. The highest BCUT2D eigenvalue weighted by molar-refractivity contribution is 7.47. The average molecular weight is 828 g/mol. The lowest BCUT2D eigenvalue weighted by Crippen LogP contribution is -2.34. The fraction of sp³-hybridized carbons (Fsp3) is 0.750. The van der Waals surface area contributed by atoms with Gasteiger partial charge in [0, 0.05) is 12.8 Å². The van der Waals surface area contributed by atoms with E-state index in [1.165, 1.54) is 89.9 Å². The Morgan fingerprint density at radius 3 is 1.77 bits per heavy atom. The first kappa shape index (κ1) is 54.4. The van der Waals surface area contributed by atoms with Gasteiger partial charge in [0.25, 0.3) is 0 Å². The van der Waals surface area contributed by atoms with E-state index < -0.39 is 63.8 Å². The van der Waals surface area contributed by atoms with Crippen LogP contribution in [0.1, 0.15) is 174 Å². The first-order valence-corrected chi connectivity index (χ1v) is 23.3. The van der Waals surface area contributed by atoms with Crippen LogP contribution in [0.15, 0.2) is 48.6 Å². The lowest BCUT2D eigenvalue weighted by molar-refractivity contribution is -0.161. The summed E-state index contributed by atoms with van der Waals surface area (Å²) in [5.74, 6) is -2.49. The Hall–Kier alpha value is -2.60. The number of hydrogen-bond acceptors (Lipinski definition) is 10. The molecular formula is C44H78NO11P. The van der Waals surface area contributed by atoms with Crippen LogP contribution in [-0.4, -0.2) is 71.1 Å². The number of unbranched alkanes of at least 4 members (excludes halogenated alkanes) is 18. The van der Waals surface area contributed by atoms with Gasteiger partial charge in [-0.05, 0) is 44.9 Å². The number of phosphoric acid groups is 1. The zero-order valence-electron chi connectivity index (χ0n) is 35.3. The van der Waals surface area contributed by atoms with Crippen LogP contribution in [0.2, 0.25) is 0 Å². The zero-order valence-corrected chi connectivity index (χ0v) is 36.2. The molecule has 4 atom stereocenters. The quantitative estimate of drug-likeness (QED) is 0.0150. The molecule has 57 heavy (non-hydrogen) atoms. The Morgan fingerprint density at radius 2 is 1.16 bits per heavy atom. The lowest BCUT2D eigenvalue weighted by atomic mass is 10.0. The first-order chi connectivity index (χ1) is 27.5. The molecule has 0 aliphatic heterocycles. The molecule has 0 aliphatic rings. The predicted octanol–water partition coefficient (Wildman–Crippen LogP) is 10.4. The Kier molecular flexibility index (Phi) is 37.1. The minimum atomic E-state index is -4.74. The molecule has 0 saturated heterocycles. The van der Waals surface area contributed by atoms with E-state index >= 15 is 0 Å². The molecule has 0 bridgehead atoms. The number of carboxylic acid groups (broad SMARTS) is 1. The SMILES string of the molecule is CCCCC/C=C\C[C@@H](O)/C=C/C=C\C/C=C\CCCC(=O)OC[C@H](COP(=O)(O)OC[C@H](N)C(=O)O)OC(=O)CCCCCCCCCCCCCCCCC. The number of esters is 2. The van der Waals surface area contributed by atoms with E-state index in [4.69, 9.17) is 24.8 Å². The van der Waals surface area contributed by atoms with Crippen LogP contribution in [0.4, 0.5) is 0 Å². The highest BCUT2D eigenvalue weighted by atomic mass is 31.2. The van der Waals surface area contributed by atoms with E-state index in [2.05, 4.69) is 24.4 Å². The topological polar surface area (TPSA) is 192 Å². The van der Waals surface area contributed by atoms with E-state index in [1.54, 1.807) is 6.08 Å². The smallest absolute Gasteiger partial charge is 0.472 e. The van der Waals surface area contributed by atoms with Crippen molar-refractivity contribution in [1.82, 2.24) is 0 Å². The minimum Gasteiger partial charge on any atom is -0.480 e. The van der Waals surface area contributed by atoms with Gasteiger partial charge in [-0.15, -0.1) is 0 Å². The molecule has 0 heterocycles. The van der Waals surface area contributed by atoms with E-state index in [1.807, 2.05) is 36.5 Å². The summed E-state index contributed by atoms with van der Waals surface area (Å²) in [6.45, 7) is 2.64. The maximum absolute atomic E-state index is 12.6. The molecule has 0 aliphatic carbocycles. The summed E-state index contributed by atoms with van der Waals surface area (Å²) >= 11 is 0. The summed E-state index contributed by atoms with van der Waals surface area (Å²) in [6.07, 6.45) is 39.2. The second-order valence-electron chi connectivity index (χ2n) is 14.7. The molecule has 0 saturated carbocycles. The van der Waals surface area contributed by atoms with E-state index in [9.17, 15) is 28.9 Å². The van der Waals surface area contributed by atoms with E-state index in [0.29, 0.717) is 32.1 Å². The standard InChI is InChI=1S/C44H78NO11P/c1-3-5-7-9-11-12-13-14-15-16-17-18-23-27-31-35-43(48)56-40(37-54-57(51,52)55-38-41(45)44(49)50)36-53-42(47)34-30-26-22-20-19-21-25-29-33-39(46)32-28-24-10-8-6-4-2/h20-22,24-25,28-29,33,39-41,46H,3-19,23,26-27,30-32,34-38,45H2,1-2H3,(H,49,50)(H,51,52)/b22-20-,25-21-,28-24-,33-29+/t39-,40-,41+/m1/s1. The van der Waals surface area contributed by atoms with Crippen LogP contribution in [0.25, 0.3) is 0 Å². The summed E-state index contributed by atoms with van der Waals surface area (Å²) in [6, 6.07) is -1.54. The van der Waals surface area contributed by atoms with Crippen LogP contribution in [0, 0.1) is 0 Å². The fourth-order valence-corrected chi connectivity index (χ4v) is 6.45. The summed E-state index contributed by atoms with van der Waals surface area (Å²) in [5, 5.41) is 18.9. The van der Waals surface area contributed by atoms with Crippen molar-refractivity contribution >= 4 is 25.7 Å². The van der Waals surface area contributed by atoms with Crippen LogP contribution in [-0.2, 0) is 37.5 Å². The van der Waals surface area contributed by atoms with Crippen molar-refractivity contribution in [3.63, 3.8) is 0 Å². The van der Waals surface area contributed by atoms with Crippen molar-refractivity contribution < 1.29 is 52.6 Å². The molecular weight excluding hydrogens is 749 g/mol. The van der Waals surface area contributed by atoms with Crippen LogP contribution < -0.4 is 5.73 Å². The molecule has 13 heteroatoms. The number of hydrogen-bond donors (Lipinski definition) is 4. The van der Waals surface area contributed by atoms with Crippen molar-refractivity contribution in [2.24, 2.45) is 5.73 Å². The molecule has 1 unspecified atom stereocenters. The maximum atomic E-state index is 12.6. The number of aliphatic carboxylic acids is 1. The van der Waals surface area contributed by atoms with E-state index in [0.717, 1.165) is 25.7 Å². The molecule has 12 nitrogen and oxygen atoms in total. The number of carboxylic acids is 1.